The van der Waals surface area contributed by atoms with Crippen molar-refractivity contribution in [1.82, 2.24) is 14.9 Å². The van der Waals surface area contributed by atoms with Crippen LogP contribution in [0.3, 0.4) is 0 Å². The van der Waals surface area contributed by atoms with Crippen LogP contribution in [-0.4, -0.2) is 15.5 Å². The van der Waals surface area contributed by atoms with Crippen molar-refractivity contribution in [3.63, 3.8) is 0 Å². The van der Waals surface area contributed by atoms with E-state index in [2.05, 4.69) is 26.2 Å². The van der Waals surface area contributed by atoms with Gasteiger partial charge in [-0.3, -0.25) is 4.79 Å². The predicted molar refractivity (Wildman–Crippen MR) is 108 cm³/mol. The summed E-state index contributed by atoms with van der Waals surface area (Å²) >= 11 is 3.46. The standard InChI is InChI=1S/C21H18BrN3O2/c1-13-16-12-15(22)8-9-17(16)27-19(13)21(26)24-18(14-6-4-3-5-7-14)20-23-10-11-25(20)2/h3-12,18H,1-2H3,(H,24,26). The highest BCUT2D eigenvalue weighted by Crippen LogP contribution is 2.29. The number of nitrogens with zero attached hydrogens (tertiary/aromatic N) is 2. The first kappa shape index (κ1) is 17.5. The molecule has 0 aliphatic heterocycles. The van der Waals surface area contributed by atoms with Crippen molar-refractivity contribution in [1.29, 1.82) is 0 Å². The number of carbonyl (C=O) groups excluding carboxylic acids is 1. The summed E-state index contributed by atoms with van der Waals surface area (Å²) in [5.74, 6) is 0.806. The molecule has 1 amide bonds. The molecule has 4 rings (SSSR count). The quantitative estimate of drug-likeness (QED) is 0.514. The molecule has 1 unspecified atom stereocenters. The number of hydrogen-bond donors (Lipinski definition) is 1. The molecule has 0 saturated carbocycles. The topological polar surface area (TPSA) is 60.1 Å². The number of halogens is 1. The number of amides is 1. The van der Waals surface area contributed by atoms with E-state index in [9.17, 15) is 4.79 Å². The van der Waals surface area contributed by atoms with Crippen LogP contribution in [0.25, 0.3) is 11.0 Å². The minimum Gasteiger partial charge on any atom is -0.451 e. The number of carbonyl (C=O) groups is 1. The van der Waals surface area contributed by atoms with E-state index in [1.54, 1.807) is 6.20 Å². The van der Waals surface area contributed by atoms with Crippen molar-refractivity contribution in [2.24, 2.45) is 7.05 Å². The highest BCUT2D eigenvalue weighted by Gasteiger charge is 2.25. The van der Waals surface area contributed by atoms with E-state index in [-0.39, 0.29) is 11.9 Å². The molecule has 5 nitrogen and oxygen atoms in total. The molecule has 0 bridgehead atoms. The molecular weight excluding hydrogens is 406 g/mol. The summed E-state index contributed by atoms with van der Waals surface area (Å²) in [7, 11) is 1.91. The van der Waals surface area contributed by atoms with Crippen LogP contribution in [-0.2, 0) is 7.05 Å². The highest BCUT2D eigenvalue weighted by molar-refractivity contribution is 9.10. The Balaban J connectivity index is 1.73. The maximum absolute atomic E-state index is 13.1. The van der Waals surface area contributed by atoms with Crippen LogP contribution in [0.1, 0.15) is 33.5 Å². The zero-order valence-electron chi connectivity index (χ0n) is 14.9. The van der Waals surface area contributed by atoms with E-state index in [0.29, 0.717) is 11.3 Å². The number of nitrogens with one attached hydrogen (secondary N) is 1. The normalized spacial score (nSPS) is 12.3. The van der Waals surface area contributed by atoms with Crippen LogP contribution in [0.4, 0.5) is 0 Å². The summed E-state index contributed by atoms with van der Waals surface area (Å²) in [6.45, 7) is 1.89. The number of rotatable bonds is 4. The highest BCUT2D eigenvalue weighted by atomic mass is 79.9. The number of hydrogen-bond acceptors (Lipinski definition) is 3. The van der Waals surface area contributed by atoms with Gasteiger partial charge >= 0.3 is 0 Å². The van der Waals surface area contributed by atoms with Gasteiger partial charge in [0.15, 0.2) is 5.76 Å². The van der Waals surface area contributed by atoms with Gasteiger partial charge in [-0.25, -0.2) is 4.98 Å². The maximum atomic E-state index is 13.1. The van der Waals surface area contributed by atoms with Crippen LogP contribution in [0.15, 0.2) is 69.8 Å². The summed E-state index contributed by atoms with van der Waals surface area (Å²) in [4.78, 5) is 17.5. The average Bonchev–Trinajstić information content (AvgIpc) is 3.24. The molecule has 2 aromatic heterocycles. The fourth-order valence-corrected chi connectivity index (χ4v) is 3.57. The summed E-state index contributed by atoms with van der Waals surface area (Å²) in [5.41, 5.74) is 2.46. The molecule has 1 atom stereocenters. The molecule has 2 aromatic carbocycles. The van der Waals surface area contributed by atoms with Gasteiger partial charge in [0.1, 0.15) is 17.4 Å². The number of fused-ring (bicyclic) bond motifs is 1. The first-order valence-electron chi connectivity index (χ1n) is 8.56. The maximum Gasteiger partial charge on any atom is 0.288 e. The number of imidazole rings is 1. The van der Waals surface area contributed by atoms with Crippen LogP contribution in [0.2, 0.25) is 0 Å². The first-order chi connectivity index (χ1) is 13.0. The lowest BCUT2D eigenvalue weighted by molar-refractivity contribution is 0.0914. The van der Waals surface area contributed by atoms with E-state index in [0.717, 1.165) is 26.8 Å². The lowest BCUT2D eigenvalue weighted by Crippen LogP contribution is -2.31. The van der Waals surface area contributed by atoms with Crippen LogP contribution in [0.5, 0.6) is 0 Å². The Morgan fingerprint density at radius 1 is 1.22 bits per heavy atom. The summed E-state index contributed by atoms with van der Waals surface area (Å²) in [5, 5.41) is 4.00. The van der Waals surface area contributed by atoms with E-state index in [1.807, 2.05) is 73.3 Å². The van der Waals surface area contributed by atoms with Crippen LogP contribution < -0.4 is 5.32 Å². The van der Waals surface area contributed by atoms with E-state index < -0.39 is 0 Å². The second-order valence-electron chi connectivity index (χ2n) is 6.41. The van der Waals surface area contributed by atoms with E-state index in [4.69, 9.17) is 4.42 Å². The second-order valence-corrected chi connectivity index (χ2v) is 7.33. The van der Waals surface area contributed by atoms with Crippen molar-refractivity contribution in [3.05, 3.63) is 88.1 Å². The van der Waals surface area contributed by atoms with Crippen molar-refractivity contribution in [3.8, 4) is 0 Å². The predicted octanol–water partition coefficient (Wildman–Crippen LogP) is 4.76. The molecule has 0 fully saturated rings. The van der Waals surface area contributed by atoms with Gasteiger partial charge in [-0.1, -0.05) is 46.3 Å². The molecule has 4 aromatic rings. The third-order valence-corrected chi connectivity index (χ3v) is 5.12. The van der Waals surface area contributed by atoms with Crippen molar-refractivity contribution in [2.45, 2.75) is 13.0 Å². The Morgan fingerprint density at radius 3 is 2.70 bits per heavy atom. The summed E-state index contributed by atoms with van der Waals surface area (Å²) < 4.78 is 8.69. The lowest BCUT2D eigenvalue weighted by atomic mass is 10.1. The van der Waals surface area contributed by atoms with Crippen molar-refractivity contribution >= 4 is 32.8 Å². The van der Waals surface area contributed by atoms with Gasteiger partial charge in [-0.05, 0) is 30.7 Å². The lowest BCUT2D eigenvalue weighted by Gasteiger charge is -2.18. The van der Waals surface area contributed by atoms with E-state index in [1.165, 1.54) is 0 Å². The Hall–Kier alpha value is -2.86. The first-order valence-corrected chi connectivity index (χ1v) is 9.35. The molecule has 2 heterocycles. The molecule has 0 aliphatic carbocycles. The number of aromatic nitrogens is 2. The number of aryl methyl sites for hydroxylation is 2. The molecule has 136 valence electrons. The summed E-state index contributed by atoms with van der Waals surface area (Å²) in [6.07, 6.45) is 3.59. The summed E-state index contributed by atoms with van der Waals surface area (Å²) in [6, 6.07) is 15.1. The van der Waals surface area contributed by atoms with Crippen LogP contribution >= 0.6 is 15.9 Å². The molecule has 6 heteroatoms. The average molecular weight is 424 g/mol. The van der Waals surface area contributed by atoms with Crippen molar-refractivity contribution in [2.75, 3.05) is 0 Å². The fourth-order valence-electron chi connectivity index (χ4n) is 3.20. The minimum atomic E-state index is -0.377. The molecule has 0 aliphatic rings. The largest absolute Gasteiger partial charge is 0.451 e. The Morgan fingerprint density at radius 2 is 2.00 bits per heavy atom. The zero-order valence-corrected chi connectivity index (χ0v) is 16.5. The SMILES string of the molecule is Cc1c(C(=O)NC(c2ccccc2)c2nccn2C)oc2ccc(Br)cc12. The number of furan rings is 1. The fraction of sp³-hybridized carbons (Fsp3) is 0.143. The smallest absolute Gasteiger partial charge is 0.288 e. The van der Waals surface area contributed by atoms with Gasteiger partial charge < -0.3 is 14.3 Å². The monoisotopic (exact) mass is 423 g/mol. The zero-order chi connectivity index (χ0) is 19.0. The van der Waals surface area contributed by atoms with Gasteiger partial charge in [0.05, 0.1) is 0 Å². The third kappa shape index (κ3) is 3.28. The second kappa shape index (κ2) is 7.04. The van der Waals surface area contributed by atoms with Crippen LogP contribution in [0, 0.1) is 6.92 Å². The van der Waals surface area contributed by atoms with Crippen molar-refractivity contribution < 1.29 is 9.21 Å². The molecule has 0 radical (unpaired) electrons. The minimum absolute atomic E-state index is 0.267. The Kier molecular flexibility index (Phi) is 4.58. The molecule has 1 N–H and O–H groups in total. The molecule has 0 spiro atoms. The third-order valence-electron chi connectivity index (χ3n) is 4.63. The molecular formula is C21H18BrN3O2. The van der Waals surface area contributed by atoms with Gasteiger partial charge in [-0.2, -0.15) is 0 Å². The Labute approximate surface area is 165 Å². The molecule has 27 heavy (non-hydrogen) atoms. The molecule has 0 saturated heterocycles. The van der Waals surface area contributed by atoms with Gasteiger partial charge in [0.25, 0.3) is 5.91 Å². The van der Waals surface area contributed by atoms with E-state index >= 15 is 0 Å². The number of benzene rings is 2. The van der Waals surface area contributed by atoms with Gasteiger partial charge in [0.2, 0.25) is 0 Å². The Bertz CT molecular complexity index is 1120. The van der Waals surface area contributed by atoms with Gasteiger partial charge in [0, 0.05) is 34.9 Å². The van der Waals surface area contributed by atoms with Gasteiger partial charge in [-0.15, -0.1) is 0 Å².